The van der Waals surface area contributed by atoms with Gasteiger partial charge in [0.05, 0.1) is 5.69 Å². The van der Waals surface area contributed by atoms with Crippen LogP contribution in [0.25, 0.3) is 11.1 Å². The molecule has 162 valence electrons. The van der Waals surface area contributed by atoms with Gasteiger partial charge in [-0.3, -0.25) is 9.69 Å². The highest BCUT2D eigenvalue weighted by Gasteiger charge is 2.31. The Kier molecular flexibility index (Phi) is 5.55. The first-order chi connectivity index (χ1) is 15.2. The lowest BCUT2D eigenvalue weighted by Crippen LogP contribution is -2.51. The van der Waals surface area contributed by atoms with Crippen LogP contribution in [-0.4, -0.2) is 70.1 Å². The summed E-state index contributed by atoms with van der Waals surface area (Å²) >= 11 is 0. The molecule has 4 heterocycles. The third kappa shape index (κ3) is 4.12. The Balaban J connectivity index is 1.15. The number of nitrogens with zero attached hydrogens (tertiary/aromatic N) is 6. The molecule has 5 rings (SSSR count). The molecule has 0 spiro atoms. The van der Waals surface area contributed by atoms with E-state index in [9.17, 15) is 4.79 Å². The van der Waals surface area contributed by atoms with Crippen LogP contribution < -0.4 is 4.90 Å². The Morgan fingerprint density at radius 2 is 1.77 bits per heavy atom. The van der Waals surface area contributed by atoms with E-state index in [1.807, 2.05) is 13.0 Å². The zero-order valence-electron chi connectivity index (χ0n) is 17.9. The monoisotopic (exact) mass is 420 g/mol. The summed E-state index contributed by atoms with van der Waals surface area (Å²) in [6.45, 7) is 7.98. The van der Waals surface area contributed by atoms with Gasteiger partial charge in [0.15, 0.2) is 0 Å². The number of anilines is 1. The predicted octanol–water partition coefficient (Wildman–Crippen LogP) is 2.49. The summed E-state index contributed by atoms with van der Waals surface area (Å²) in [4.78, 5) is 28.5. The Bertz CT molecular complexity index is 1040. The normalized spacial score (nSPS) is 18.6. The molecule has 0 unspecified atom stereocenters. The molecule has 2 aliphatic rings. The van der Waals surface area contributed by atoms with Gasteiger partial charge in [-0.05, 0) is 25.3 Å². The minimum atomic E-state index is 0.0952. The molecule has 2 fully saturated rings. The second-order valence-electron chi connectivity index (χ2n) is 8.49. The summed E-state index contributed by atoms with van der Waals surface area (Å²) in [6, 6.07) is 10.5. The number of piperidine rings is 1. The van der Waals surface area contributed by atoms with Crippen LogP contribution in [0.5, 0.6) is 0 Å². The summed E-state index contributed by atoms with van der Waals surface area (Å²) in [5.74, 6) is 1.27. The van der Waals surface area contributed by atoms with Crippen molar-refractivity contribution in [3.8, 4) is 0 Å². The van der Waals surface area contributed by atoms with E-state index in [1.54, 1.807) is 0 Å². The molecule has 2 aliphatic heterocycles. The highest BCUT2D eigenvalue weighted by Crippen LogP contribution is 2.30. The number of carbonyl (C=O) groups is 1. The molecule has 0 saturated carbocycles. The van der Waals surface area contributed by atoms with Crippen LogP contribution in [0.1, 0.15) is 24.1 Å². The number of rotatable bonds is 4. The molecular formula is C23H28N6O2. The first-order valence-corrected chi connectivity index (χ1v) is 11.1. The van der Waals surface area contributed by atoms with Gasteiger partial charge in [-0.2, -0.15) is 4.98 Å². The lowest BCUT2D eigenvalue weighted by atomic mass is 9.94. The minimum absolute atomic E-state index is 0.0952. The molecule has 0 radical (unpaired) electrons. The average Bonchev–Trinajstić information content (AvgIpc) is 3.21. The van der Waals surface area contributed by atoms with Crippen LogP contribution in [0.4, 0.5) is 5.82 Å². The van der Waals surface area contributed by atoms with E-state index in [0.29, 0.717) is 11.6 Å². The van der Waals surface area contributed by atoms with E-state index < -0.39 is 0 Å². The fourth-order valence-corrected chi connectivity index (χ4v) is 4.71. The Labute approximate surface area is 181 Å². The van der Waals surface area contributed by atoms with Gasteiger partial charge in [0.25, 0.3) is 5.71 Å². The van der Waals surface area contributed by atoms with E-state index in [0.717, 1.165) is 75.6 Å². The van der Waals surface area contributed by atoms with Gasteiger partial charge in [0, 0.05) is 51.7 Å². The smallest absolute Gasteiger partial charge is 0.263 e. The van der Waals surface area contributed by atoms with E-state index in [2.05, 4.69) is 54.1 Å². The zero-order valence-corrected chi connectivity index (χ0v) is 17.9. The Morgan fingerprint density at radius 1 is 1.03 bits per heavy atom. The average molecular weight is 421 g/mol. The lowest BCUT2D eigenvalue weighted by molar-refractivity contribution is -0.138. The number of benzene rings is 1. The predicted molar refractivity (Wildman–Crippen MR) is 118 cm³/mol. The maximum Gasteiger partial charge on any atom is 0.263 e. The molecular weight excluding hydrogens is 392 g/mol. The molecule has 1 amide bonds. The number of amides is 1. The van der Waals surface area contributed by atoms with Crippen LogP contribution in [0.3, 0.4) is 0 Å². The molecule has 0 aliphatic carbocycles. The second-order valence-corrected chi connectivity index (χ2v) is 8.49. The van der Waals surface area contributed by atoms with Crippen LogP contribution in [-0.2, 0) is 11.3 Å². The third-order valence-electron chi connectivity index (χ3n) is 6.50. The Hall–Kier alpha value is -3.00. The van der Waals surface area contributed by atoms with Crippen molar-refractivity contribution in [2.45, 2.75) is 26.3 Å². The Morgan fingerprint density at radius 3 is 2.52 bits per heavy atom. The molecule has 0 atom stereocenters. The standard InChI is InChI=1S/C23H28N6O2/c1-17-20-21(24-16-25-22(20)31-26-17)28-9-7-19(8-10-28)23(30)29-13-11-27(12-14-29)15-18-5-3-2-4-6-18/h2-6,16,19H,7-15H2,1H3. The topological polar surface area (TPSA) is 78.6 Å². The molecule has 0 bridgehead atoms. The van der Waals surface area contributed by atoms with Crippen molar-refractivity contribution in [1.29, 1.82) is 0 Å². The molecule has 1 aromatic carbocycles. The van der Waals surface area contributed by atoms with Crippen LogP contribution in [0.15, 0.2) is 41.2 Å². The van der Waals surface area contributed by atoms with Crippen molar-refractivity contribution in [3.05, 3.63) is 47.9 Å². The summed E-state index contributed by atoms with van der Waals surface area (Å²) in [7, 11) is 0. The molecule has 8 nitrogen and oxygen atoms in total. The number of hydrogen-bond donors (Lipinski definition) is 0. The van der Waals surface area contributed by atoms with Gasteiger partial charge < -0.3 is 14.3 Å². The maximum absolute atomic E-state index is 13.1. The first-order valence-electron chi connectivity index (χ1n) is 11.1. The summed E-state index contributed by atoms with van der Waals surface area (Å²) in [5, 5.41) is 4.90. The van der Waals surface area contributed by atoms with Crippen molar-refractivity contribution in [1.82, 2.24) is 24.9 Å². The van der Waals surface area contributed by atoms with E-state index >= 15 is 0 Å². The largest absolute Gasteiger partial charge is 0.356 e. The number of aryl methyl sites for hydroxylation is 1. The number of fused-ring (bicyclic) bond motifs is 1. The molecule has 2 aromatic heterocycles. The fraction of sp³-hybridized carbons (Fsp3) is 0.478. The van der Waals surface area contributed by atoms with Gasteiger partial charge in [-0.1, -0.05) is 35.5 Å². The van der Waals surface area contributed by atoms with Gasteiger partial charge in [-0.15, -0.1) is 0 Å². The van der Waals surface area contributed by atoms with Crippen molar-refractivity contribution >= 4 is 22.8 Å². The second kappa shape index (κ2) is 8.63. The van der Waals surface area contributed by atoms with Crippen molar-refractivity contribution < 1.29 is 9.32 Å². The summed E-state index contributed by atoms with van der Waals surface area (Å²) in [5.41, 5.74) is 2.66. The van der Waals surface area contributed by atoms with E-state index in [4.69, 9.17) is 4.52 Å². The minimum Gasteiger partial charge on any atom is -0.356 e. The number of carbonyl (C=O) groups excluding carboxylic acids is 1. The van der Waals surface area contributed by atoms with Crippen LogP contribution in [0.2, 0.25) is 0 Å². The maximum atomic E-state index is 13.1. The zero-order chi connectivity index (χ0) is 21.2. The van der Waals surface area contributed by atoms with Gasteiger partial charge in [0.2, 0.25) is 5.91 Å². The third-order valence-corrected chi connectivity index (χ3v) is 6.50. The molecule has 8 heteroatoms. The number of hydrogen-bond acceptors (Lipinski definition) is 7. The molecule has 31 heavy (non-hydrogen) atoms. The highest BCUT2D eigenvalue weighted by atomic mass is 16.5. The van der Waals surface area contributed by atoms with Gasteiger partial charge in [0.1, 0.15) is 17.5 Å². The highest BCUT2D eigenvalue weighted by molar-refractivity contribution is 5.88. The number of piperazine rings is 1. The lowest BCUT2D eigenvalue weighted by Gasteiger charge is -2.38. The quantitative estimate of drug-likeness (QED) is 0.642. The van der Waals surface area contributed by atoms with Crippen molar-refractivity contribution in [2.75, 3.05) is 44.2 Å². The van der Waals surface area contributed by atoms with Crippen molar-refractivity contribution in [3.63, 3.8) is 0 Å². The van der Waals surface area contributed by atoms with Gasteiger partial charge in [-0.25, -0.2) is 4.98 Å². The van der Waals surface area contributed by atoms with Gasteiger partial charge >= 0.3 is 0 Å². The van der Waals surface area contributed by atoms with Crippen LogP contribution >= 0.6 is 0 Å². The first kappa shape index (κ1) is 19.9. The van der Waals surface area contributed by atoms with E-state index in [-0.39, 0.29) is 5.92 Å². The molecule has 2 saturated heterocycles. The number of aromatic nitrogens is 3. The van der Waals surface area contributed by atoms with Crippen LogP contribution in [0, 0.1) is 12.8 Å². The fourth-order valence-electron chi connectivity index (χ4n) is 4.71. The summed E-state index contributed by atoms with van der Waals surface area (Å²) < 4.78 is 5.27. The van der Waals surface area contributed by atoms with Crippen molar-refractivity contribution in [2.24, 2.45) is 5.92 Å². The SMILES string of the molecule is Cc1noc2ncnc(N3CCC(C(=O)N4CCN(Cc5ccccc5)CC4)CC3)c12. The summed E-state index contributed by atoms with van der Waals surface area (Å²) in [6.07, 6.45) is 3.21. The molecule has 3 aromatic rings. The van der Waals surface area contributed by atoms with E-state index in [1.165, 1.54) is 11.9 Å². The molecule has 0 N–H and O–H groups in total.